The van der Waals surface area contributed by atoms with Crippen molar-refractivity contribution < 1.29 is 0 Å². The van der Waals surface area contributed by atoms with E-state index < -0.39 is 0 Å². The largest absolute Gasteiger partial charge is 0.233 e. The molecule has 0 atom stereocenters. The molecule has 0 heterocycles. The fourth-order valence-corrected chi connectivity index (χ4v) is 4.45. The lowest BCUT2D eigenvalue weighted by atomic mass is 9.96. The van der Waals surface area contributed by atoms with Crippen LogP contribution in [0.2, 0.25) is 0 Å². The molecule has 0 fully saturated rings. The molecule has 0 saturated heterocycles. The van der Waals surface area contributed by atoms with Crippen LogP contribution in [0.15, 0.2) is 69.6 Å². The summed E-state index contributed by atoms with van der Waals surface area (Å²) in [5, 5.41) is 0. The van der Waals surface area contributed by atoms with E-state index in [2.05, 4.69) is 102 Å². The lowest BCUT2D eigenvalue weighted by Gasteiger charge is -2.11. The first-order valence-electron chi connectivity index (χ1n) is 8.96. The molecule has 6 heteroatoms. The first-order chi connectivity index (χ1) is 13.6. The zero-order chi connectivity index (χ0) is 19.9. The number of benzene rings is 3. The second kappa shape index (κ2) is 10.8. The molecule has 28 heavy (non-hydrogen) atoms. The highest BCUT2D eigenvalue weighted by molar-refractivity contribution is 9.10. The monoisotopic (exact) mass is 540 g/mol. The molecule has 0 aliphatic carbocycles. The molecule has 3 rings (SSSR count). The molecule has 0 spiro atoms. The highest BCUT2D eigenvalue weighted by atomic mass is 79.9. The Bertz CT molecular complexity index is 875. The van der Waals surface area contributed by atoms with Gasteiger partial charge in [0.25, 0.3) is 0 Å². The molecule has 2 N–H and O–H groups in total. The van der Waals surface area contributed by atoms with Gasteiger partial charge >= 0.3 is 0 Å². The summed E-state index contributed by atoms with van der Waals surface area (Å²) in [4.78, 5) is 5.38. The zero-order valence-corrected chi connectivity index (χ0v) is 19.8. The van der Waals surface area contributed by atoms with Crippen molar-refractivity contribution in [1.82, 2.24) is 9.67 Å². The van der Waals surface area contributed by atoms with Gasteiger partial charge in [-0.2, -0.15) is 0 Å². The maximum Gasteiger partial charge on any atom is 0.0184 e. The second-order valence-electron chi connectivity index (χ2n) is 6.54. The molecular formula is C22H20Br2Cl2N2. The van der Waals surface area contributed by atoms with Crippen LogP contribution in [0, 0.1) is 0 Å². The molecule has 3 aromatic carbocycles. The Morgan fingerprint density at radius 3 is 1.50 bits per heavy atom. The minimum Gasteiger partial charge on any atom is -0.233 e. The SMILES string of the molecule is ClNCCc1cc(Br)cc(-c2cccc(-c3cc(Br)cc(CCNCl)c3)c2)c1. The minimum absolute atomic E-state index is 0.732. The van der Waals surface area contributed by atoms with Crippen LogP contribution in [0.25, 0.3) is 22.3 Å². The van der Waals surface area contributed by atoms with Gasteiger partial charge in [-0.1, -0.05) is 62.2 Å². The molecule has 0 bridgehead atoms. The summed E-state index contributed by atoms with van der Waals surface area (Å²) in [5.41, 5.74) is 7.21. The maximum absolute atomic E-state index is 5.62. The third kappa shape index (κ3) is 6.06. The van der Waals surface area contributed by atoms with Crippen molar-refractivity contribution in [2.24, 2.45) is 0 Å². The van der Waals surface area contributed by atoms with Crippen LogP contribution in [-0.2, 0) is 12.8 Å². The Labute approximate surface area is 193 Å². The molecule has 0 aliphatic heterocycles. The summed E-state index contributed by atoms with van der Waals surface area (Å²) >= 11 is 18.5. The van der Waals surface area contributed by atoms with E-state index in [0.29, 0.717) is 0 Å². The zero-order valence-electron chi connectivity index (χ0n) is 15.1. The van der Waals surface area contributed by atoms with E-state index >= 15 is 0 Å². The van der Waals surface area contributed by atoms with E-state index in [1.54, 1.807) is 0 Å². The van der Waals surface area contributed by atoms with Gasteiger partial charge in [-0.3, -0.25) is 0 Å². The predicted molar refractivity (Wildman–Crippen MR) is 128 cm³/mol. The first-order valence-corrected chi connectivity index (χ1v) is 11.3. The quantitative estimate of drug-likeness (QED) is 0.296. The van der Waals surface area contributed by atoms with Gasteiger partial charge in [0.05, 0.1) is 0 Å². The molecule has 0 radical (unpaired) electrons. The summed E-state index contributed by atoms with van der Waals surface area (Å²) in [5.74, 6) is 0. The lowest BCUT2D eigenvalue weighted by Crippen LogP contribution is -2.04. The number of nitrogens with one attached hydrogen (secondary N) is 2. The smallest absolute Gasteiger partial charge is 0.0184 e. The molecular weight excluding hydrogens is 523 g/mol. The summed E-state index contributed by atoms with van der Waals surface area (Å²) < 4.78 is 2.14. The van der Waals surface area contributed by atoms with Gasteiger partial charge in [0.1, 0.15) is 0 Å². The van der Waals surface area contributed by atoms with Crippen LogP contribution in [-0.4, -0.2) is 13.1 Å². The molecule has 3 aromatic rings. The molecule has 0 amide bonds. The van der Waals surface area contributed by atoms with Crippen molar-refractivity contribution in [3.8, 4) is 22.3 Å². The van der Waals surface area contributed by atoms with Crippen LogP contribution >= 0.6 is 55.4 Å². The van der Waals surface area contributed by atoms with Gasteiger partial charge in [0.2, 0.25) is 0 Å². The summed E-state index contributed by atoms with van der Waals surface area (Å²) in [6, 6.07) is 21.6. The highest BCUT2D eigenvalue weighted by Crippen LogP contribution is 2.31. The van der Waals surface area contributed by atoms with E-state index in [-0.39, 0.29) is 0 Å². The van der Waals surface area contributed by atoms with Crippen LogP contribution in [0.5, 0.6) is 0 Å². The molecule has 0 aliphatic rings. The van der Waals surface area contributed by atoms with Gasteiger partial charge in [-0.25, -0.2) is 9.67 Å². The van der Waals surface area contributed by atoms with Gasteiger partial charge in [0.15, 0.2) is 0 Å². The summed E-state index contributed by atoms with van der Waals surface area (Å²) in [6.07, 6.45) is 1.75. The number of rotatable bonds is 8. The summed E-state index contributed by atoms with van der Waals surface area (Å²) in [7, 11) is 0. The number of hydrogen-bond donors (Lipinski definition) is 2. The Morgan fingerprint density at radius 1 is 0.607 bits per heavy atom. The normalized spacial score (nSPS) is 11.0. The van der Waals surface area contributed by atoms with Crippen LogP contribution in [0.3, 0.4) is 0 Å². The minimum atomic E-state index is 0.732. The fourth-order valence-electron chi connectivity index (χ4n) is 3.18. The van der Waals surface area contributed by atoms with Crippen molar-refractivity contribution in [3.05, 3.63) is 80.7 Å². The van der Waals surface area contributed by atoms with Gasteiger partial charge in [0, 0.05) is 22.0 Å². The molecule has 0 unspecified atom stereocenters. The Balaban J connectivity index is 1.95. The van der Waals surface area contributed by atoms with Crippen LogP contribution in [0.1, 0.15) is 11.1 Å². The standard InChI is InChI=1S/C22H20Br2Cl2N2/c23-21-10-15(4-6-27-25)8-19(13-21)17-2-1-3-18(12-17)20-9-16(5-7-28-26)11-22(24)14-20/h1-3,8-14,27-28H,4-7H2. The second-order valence-corrected chi connectivity index (χ2v) is 8.91. The Kier molecular flexibility index (Phi) is 8.39. The first kappa shape index (κ1) is 21.8. The lowest BCUT2D eigenvalue weighted by molar-refractivity contribution is 0.899. The average molecular weight is 543 g/mol. The van der Waals surface area contributed by atoms with Crippen molar-refractivity contribution in [1.29, 1.82) is 0 Å². The third-order valence-corrected chi connectivity index (χ3v) is 5.75. The fraction of sp³-hybridized carbons (Fsp3) is 0.182. The topological polar surface area (TPSA) is 24.1 Å². The molecule has 0 saturated carbocycles. The van der Waals surface area contributed by atoms with E-state index in [1.807, 2.05) is 0 Å². The average Bonchev–Trinajstić information content (AvgIpc) is 2.70. The van der Waals surface area contributed by atoms with Crippen molar-refractivity contribution in [2.45, 2.75) is 12.8 Å². The molecule has 2 nitrogen and oxygen atoms in total. The van der Waals surface area contributed by atoms with Crippen LogP contribution in [0.4, 0.5) is 0 Å². The predicted octanol–water partition coefficient (Wildman–Crippen LogP) is 7.12. The van der Waals surface area contributed by atoms with E-state index in [0.717, 1.165) is 34.9 Å². The number of halogens is 4. The molecule has 146 valence electrons. The Hall–Kier alpha value is -0.880. The summed E-state index contributed by atoms with van der Waals surface area (Å²) in [6.45, 7) is 1.46. The number of hydrogen-bond acceptors (Lipinski definition) is 2. The van der Waals surface area contributed by atoms with E-state index in [1.165, 1.54) is 33.4 Å². The highest BCUT2D eigenvalue weighted by Gasteiger charge is 2.07. The maximum atomic E-state index is 5.62. The van der Waals surface area contributed by atoms with E-state index in [4.69, 9.17) is 23.6 Å². The third-order valence-electron chi connectivity index (χ3n) is 4.46. The van der Waals surface area contributed by atoms with Crippen molar-refractivity contribution >= 4 is 55.4 Å². The molecule has 0 aromatic heterocycles. The van der Waals surface area contributed by atoms with Gasteiger partial charge in [-0.05, 0) is 100 Å². The van der Waals surface area contributed by atoms with Gasteiger partial charge in [-0.15, -0.1) is 0 Å². The van der Waals surface area contributed by atoms with Crippen molar-refractivity contribution in [2.75, 3.05) is 13.1 Å². The van der Waals surface area contributed by atoms with Crippen LogP contribution < -0.4 is 9.67 Å². The van der Waals surface area contributed by atoms with E-state index in [9.17, 15) is 0 Å². The van der Waals surface area contributed by atoms with Gasteiger partial charge < -0.3 is 0 Å². The Morgan fingerprint density at radius 2 is 1.07 bits per heavy atom. The van der Waals surface area contributed by atoms with Crippen molar-refractivity contribution in [3.63, 3.8) is 0 Å².